The van der Waals surface area contributed by atoms with Crippen molar-refractivity contribution in [2.75, 3.05) is 13.2 Å². The number of aliphatic carboxylic acids is 1. The minimum Gasteiger partial charge on any atom is -0.480 e. The monoisotopic (exact) mass is 401 g/mol. The van der Waals surface area contributed by atoms with Gasteiger partial charge < -0.3 is 19.9 Å². The normalized spacial score (nSPS) is 12.6. The Morgan fingerprint density at radius 2 is 1.61 bits per heavy atom. The van der Waals surface area contributed by atoms with Gasteiger partial charge in [-0.2, -0.15) is 0 Å². The molecular weight excluding hydrogens is 380 g/mol. The van der Waals surface area contributed by atoms with Crippen LogP contribution in [0.2, 0.25) is 0 Å². The highest BCUT2D eigenvalue weighted by Crippen LogP contribution is 2.15. The van der Waals surface area contributed by atoms with Crippen molar-refractivity contribution in [3.8, 4) is 0 Å². The van der Waals surface area contributed by atoms with Crippen molar-refractivity contribution >= 4 is 23.8 Å². The smallest absolute Gasteiger partial charge is 0.327 e. The van der Waals surface area contributed by atoms with E-state index >= 15 is 0 Å². The molecule has 0 heterocycles. The number of esters is 2. The number of rotatable bonds is 10. The molecular formula is C18H21F2NO7. The van der Waals surface area contributed by atoms with Gasteiger partial charge in [-0.3, -0.25) is 14.4 Å². The lowest BCUT2D eigenvalue weighted by Crippen LogP contribution is -2.50. The zero-order valence-corrected chi connectivity index (χ0v) is 15.4. The van der Waals surface area contributed by atoms with Crippen LogP contribution in [0.5, 0.6) is 0 Å². The van der Waals surface area contributed by atoms with Crippen LogP contribution in [0.15, 0.2) is 18.2 Å². The van der Waals surface area contributed by atoms with Crippen LogP contribution in [-0.2, 0) is 35.1 Å². The number of benzene rings is 1. The first kappa shape index (κ1) is 23.0. The van der Waals surface area contributed by atoms with Crippen LogP contribution < -0.4 is 5.32 Å². The molecule has 8 nitrogen and oxygen atoms in total. The van der Waals surface area contributed by atoms with E-state index in [9.17, 15) is 33.1 Å². The van der Waals surface area contributed by atoms with Crippen molar-refractivity contribution in [1.29, 1.82) is 0 Å². The fourth-order valence-corrected chi connectivity index (χ4v) is 2.44. The summed E-state index contributed by atoms with van der Waals surface area (Å²) in [5, 5.41) is 11.5. The number of carboxylic acids is 1. The average Bonchev–Trinajstić information content (AvgIpc) is 2.57. The van der Waals surface area contributed by atoms with Crippen LogP contribution in [-0.4, -0.2) is 48.2 Å². The van der Waals surface area contributed by atoms with Gasteiger partial charge in [-0.15, -0.1) is 0 Å². The molecule has 0 aromatic heterocycles. The third-order valence-corrected chi connectivity index (χ3v) is 3.55. The quantitative estimate of drug-likeness (QED) is 0.566. The van der Waals surface area contributed by atoms with Crippen molar-refractivity contribution in [2.45, 2.75) is 32.7 Å². The lowest BCUT2D eigenvalue weighted by Gasteiger charge is -2.22. The molecule has 0 aliphatic heterocycles. The summed E-state index contributed by atoms with van der Waals surface area (Å²) in [6.07, 6.45) is -1.16. The molecule has 0 fully saturated rings. The number of hydrogen-bond donors (Lipinski definition) is 2. The molecule has 28 heavy (non-hydrogen) atoms. The third-order valence-electron chi connectivity index (χ3n) is 3.55. The van der Waals surface area contributed by atoms with Crippen LogP contribution in [0.1, 0.15) is 25.8 Å². The third kappa shape index (κ3) is 7.29. The number of hydrogen-bond acceptors (Lipinski definition) is 6. The summed E-state index contributed by atoms with van der Waals surface area (Å²) in [7, 11) is 0. The first-order valence-corrected chi connectivity index (χ1v) is 8.47. The zero-order valence-electron chi connectivity index (χ0n) is 15.4. The molecule has 2 atom stereocenters. The van der Waals surface area contributed by atoms with E-state index in [0.29, 0.717) is 6.07 Å². The van der Waals surface area contributed by atoms with Gasteiger partial charge in [0, 0.05) is 6.07 Å². The molecule has 0 radical (unpaired) electrons. The summed E-state index contributed by atoms with van der Waals surface area (Å²) in [5.74, 6) is -7.66. The molecule has 0 aliphatic rings. The van der Waals surface area contributed by atoms with Crippen molar-refractivity contribution in [3.05, 3.63) is 35.4 Å². The minimum absolute atomic E-state index is 0.0175. The summed E-state index contributed by atoms with van der Waals surface area (Å²) < 4.78 is 36.0. The van der Waals surface area contributed by atoms with E-state index in [1.165, 1.54) is 13.8 Å². The lowest BCUT2D eigenvalue weighted by atomic mass is 9.95. The van der Waals surface area contributed by atoms with Gasteiger partial charge >= 0.3 is 17.9 Å². The number of halogens is 2. The first-order valence-electron chi connectivity index (χ1n) is 8.47. The number of nitrogens with one attached hydrogen (secondary N) is 1. The van der Waals surface area contributed by atoms with Crippen LogP contribution in [0.3, 0.4) is 0 Å². The van der Waals surface area contributed by atoms with E-state index in [-0.39, 0.29) is 18.8 Å². The molecule has 0 bridgehead atoms. The van der Waals surface area contributed by atoms with Crippen LogP contribution >= 0.6 is 0 Å². The highest BCUT2D eigenvalue weighted by molar-refractivity contribution is 5.91. The Hall–Kier alpha value is -3.04. The SMILES string of the molecule is CCOC(=O)C[C@@H](C(=O)OCC)[C@@H](NC(=O)Cc1cc(F)cc(F)c1)C(=O)O. The Labute approximate surface area is 159 Å². The van der Waals surface area contributed by atoms with E-state index in [4.69, 9.17) is 9.47 Å². The van der Waals surface area contributed by atoms with E-state index in [1.807, 2.05) is 0 Å². The van der Waals surface area contributed by atoms with Gasteiger partial charge in [-0.25, -0.2) is 13.6 Å². The van der Waals surface area contributed by atoms with Crippen LogP contribution in [0.4, 0.5) is 8.78 Å². The maximum absolute atomic E-state index is 13.2. The van der Waals surface area contributed by atoms with Crippen LogP contribution in [0.25, 0.3) is 0 Å². The Bertz CT molecular complexity index is 718. The van der Waals surface area contributed by atoms with E-state index < -0.39 is 60.3 Å². The fraction of sp³-hybridized carbons (Fsp3) is 0.444. The van der Waals surface area contributed by atoms with Gasteiger partial charge in [0.25, 0.3) is 0 Å². The molecule has 1 aromatic rings. The Morgan fingerprint density at radius 3 is 2.11 bits per heavy atom. The maximum atomic E-state index is 13.2. The molecule has 0 saturated carbocycles. The first-order chi connectivity index (χ1) is 13.2. The van der Waals surface area contributed by atoms with E-state index in [2.05, 4.69) is 5.32 Å². The largest absolute Gasteiger partial charge is 0.480 e. The van der Waals surface area contributed by atoms with Gasteiger partial charge in [0.15, 0.2) is 0 Å². The highest BCUT2D eigenvalue weighted by atomic mass is 19.1. The summed E-state index contributed by atoms with van der Waals surface area (Å²) in [4.78, 5) is 47.6. The molecule has 2 N–H and O–H groups in total. The summed E-state index contributed by atoms with van der Waals surface area (Å²) >= 11 is 0. The number of ether oxygens (including phenoxy) is 2. The summed E-state index contributed by atoms with van der Waals surface area (Å²) in [6.45, 7) is 2.97. The second-order valence-electron chi connectivity index (χ2n) is 5.71. The van der Waals surface area contributed by atoms with Crippen molar-refractivity contribution in [3.63, 3.8) is 0 Å². The molecule has 1 rings (SSSR count). The van der Waals surface area contributed by atoms with Crippen LogP contribution in [0, 0.1) is 17.6 Å². The predicted octanol–water partition coefficient (Wildman–Crippen LogP) is 1.21. The Morgan fingerprint density at radius 1 is 1.04 bits per heavy atom. The number of carboxylic acid groups (broad SMARTS) is 1. The second-order valence-corrected chi connectivity index (χ2v) is 5.71. The van der Waals surface area contributed by atoms with Crippen molar-refractivity contribution in [1.82, 2.24) is 5.32 Å². The van der Waals surface area contributed by atoms with Crippen molar-refractivity contribution in [2.24, 2.45) is 5.92 Å². The Balaban J connectivity index is 2.98. The van der Waals surface area contributed by atoms with Gasteiger partial charge in [-0.1, -0.05) is 0 Å². The van der Waals surface area contributed by atoms with E-state index in [0.717, 1.165) is 12.1 Å². The molecule has 0 unspecified atom stereocenters. The zero-order chi connectivity index (χ0) is 21.3. The molecule has 1 amide bonds. The number of carbonyl (C=O) groups excluding carboxylic acids is 3. The minimum atomic E-state index is -1.80. The second kappa shape index (κ2) is 11.0. The molecule has 1 aromatic carbocycles. The van der Waals surface area contributed by atoms with Gasteiger partial charge in [0.1, 0.15) is 17.7 Å². The maximum Gasteiger partial charge on any atom is 0.327 e. The molecule has 0 saturated heterocycles. The van der Waals surface area contributed by atoms with Gasteiger partial charge in [0.05, 0.1) is 32.0 Å². The van der Waals surface area contributed by atoms with E-state index in [1.54, 1.807) is 0 Å². The fourth-order valence-electron chi connectivity index (χ4n) is 2.44. The number of carbonyl (C=O) groups is 4. The van der Waals surface area contributed by atoms with Gasteiger partial charge in [0.2, 0.25) is 5.91 Å². The topological polar surface area (TPSA) is 119 Å². The molecule has 154 valence electrons. The van der Waals surface area contributed by atoms with Crippen molar-refractivity contribution < 1.29 is 42.5 Å². The summed E-state index contributed by atoms with van der Waals surface area (Å²) in [6, 6.07) is 0.659. The predicted molar refractivity (Wildman–Crippen MR) is 91.0 cm³/mol. The summed E-state index contributed by atoms with van der Waals surface area (Å²) in [5.41, 5.74) is -0.0304. The standard InChI is InChI=1S/C18H21F2NO7/c1-3-27-15(23)9-13(18(26)28-4-2)16(17(24)25)21-14(22)7-10-5-11(19)8-12(20)6-10/h5-6,8,13,16H,3-4,7,9H2,1-2H3,(H,21,22)(H,24,25)/t13-,16-/m1/s1. The number of amides is 1. The highest BCUT2D eigenvalue weighted by Gasteiger charge is 2.38. The lowest BCUT2D eigenvalue weighted by molar-refractivity contribution is -0.160. The molecule has 0 aliphatic carbocycles. The molecule has 10 heteroatoms. The van der Waals surface area contributed by atoms with Gasteiger partial charge in [-0.05, 0) is 31.5 Å². The average molecular weight is 401 g/mol. The molecule has 0 spiro atoms. The Kier molecular flexibility index (Phi) is 9.00.